The summed E-state index contributed by atoms with van der Waals surface area (Å²) < 4.78 is 0. The van der Waals surface area contributed by atoms with Crippen LogP contribution in [0.25, 0.3) is 0 Å². The lowest BCUT2D eigenvalue weighted by atomic mass is 9.80. The van der Waals surface area contributed by atoms with Crippen LogP contribution in [0.5, 0.6) is 0 Å². The second-order valence-corrected chi connectivity index (χ2v) is 6.06. The number of rotatable bonds is 2. The molecule has 1 aliphatic carbocycles. The lowest BCUT2D eigenvalue weighted by Gasteiger charge is -2.25. The van der Waals surface area contributed by atoms with E-state index in [-0.39, 0.29) is 0 Å². The van der Waals surface area contributed by atoms with Gasteiger partial charge in [0.05, 0.1) is 0 Å². The molecule has 0 saturated carbocycles. The summed E-state index contributed by atoms with van der Waals surface area (Å²) in [5.74, 6) is 0.650. The van der Waals surface area contributed by atoms with Crippen molar-refractivity contribution in [1.29, 1.82) is 0 Å². The molecule has 0 nitrogen and oxygen atoms in total. The van der Waals surface area contributed by atoms with Gasteiger partial charge in [0.1, 0.15) is 0 Å². The molecule has 1 aromatic carbocycles. The first-order valence-corrected chi connectivity index (χ1v) is 6.62. The van der Waals surface area contributed by atoms with Crippen molar-refractivity contribution >= 4 is 0 Å². The van der Waals surface area contributed by atoms with Crippen LogP contribution in [-0.4, -0.2) is 0 Å². The molecule has 0 aliphatic heterocycles. The topological polar surface area (TPSA) is 0 Å². The molecular weight excluding hydrogens is 192 g/mol. The summed E-state index contributed by atoms with van der Waals surface area (Å²) in [6.07, 6.45) is 3.78. The third-order valence-corrected chi connectivity index (χ3v) is 4.12. The van der Waals surface area contributed by atoms with Gasteiger partial charge in [-0.05, 0) is 52.8 Å². The molecule has 88 valence electrons. The van der Waals surface area contributed by atoms with Crippen LogP contribution in [0, 0.1) is 0 Å². The maximum absolute atomic E-state index is 2.41. The third kappa shape index (κ3) is 1.69. The second-order valence-electron chi connectivity index (χ2n) is 6.06. The molecule has 0 aromatic heterocycles. The minimum Gasteiger partial charge on any atom is -0.0613 e. The van der Waals surface area contributed by atoms with Crippen molar-refractivity contribution in [3.8, 4) is 0 Å². The molecule has 0 amide bonds. The van der Waals surface area contributed by atoms with Crippen LogP contribution in [0.15, 0.2) is 12.1 Å². The Hall–Kier alpha value is -0.780. The summed E-state index contributed by atoms with van der Waals surface area (Å²) in [5.41, 5.74) is 6.88. The van der Waals surface area contributed by atoms with Crippen LogP contribution in [0.3, 0.4) is 0 Å². The average Bonchev–Trinajstić information content (AvgIpc) is 2.54. The van der Waals surface area contributed by atoms with Crippen molar-refractivity contribution in [1.82, 2.24) is 0 Å². The first kappa shape index (κ1) is 11.7. The normalized spacial score (nSPS) is 17.9. The van der Waals surface area contributed by atoms with E-state index >= 15 is 0 Å². The monoisotopic (exact) mass is 216 g/mol. The first-order chi connectivity index (χ1) is 7.47. The van der Waals surface area contributed by atoms with Crippen LogP contribution in [0.1, 0.15) is 69.2 Å². The number of hydrogen-bond donors (Lipinski definition) is 0. The fourth-order valence-corrected chi connectivity index (χ4v) is 3.17. The van der Waals surface area contributed by atoms with Gasteiger partial charge in [-0.3, -0.25) is 0 Å². The number of hydrogen-bond acceptors (Lipinski definition) is 0. The van der Waals surface area contributed by atoms with Crippen molar-refractivity contribution in [2.45, 2.75) is 65.2 Å². The SMILES string of the molecule is CCc1ccc(C(C)C)c2c1CCC2(C)C. The minimum absolute atomic E-state index is 0.389. The molecule has 1 aliphatic rings. The van der Waals surface area contributed by atoms with Gasteiger partial charge < -0.3 is 0 Å². The summed E-state index contributed by atoms with van der Waals surface area (Å²) in [6.45, 7) is 11.7. The molecule has 0 N–H and O–H groups in total. The quantitative estimate of drug-likeness (QED) is 0.678. The highest BCUT2D eigenvalue weighted by Gasteiger charge is 2.33. The standard InChI is InChI=1S/C16H24/c1-6-12-7-8-13(11(2)3)15-14(12)9-10-16(15,4)5/h7-8,11H,6,9-10H2,1-5H3. The number of fused-ring (bicyclic) bond motifs is 1. The van der Waals surface area contributed by atoms with E-state index in [1.54, 1.807) is 22.3 Å². The van der Waals surface area contributed by atoms with E-state index in [2.05, 4.69) is 46.8 Å². The lowest BCUT2D eigenvalue weighted by molar-refractivity contribution is 0.515. The van der Waals surface area contributed by atoms with Gasteiger partial charge >= 0.3 is 0 Å². The van der Waals surface area contributed by atoms with Gasteiger partial charge in [-0.1, -0.05) is 46.8 Å². The van der Waals surface area contributed by atoms with Crippen molar-refractivity contribution in [3.63, 3.8) is 0 Å². The van der Waals surface area contributed by atoms with Crippen LogP contribution in [0.2, 0.25) is 0 Å². The third-order valence-electron chi connectivity index (χ3n) is 4.12. The van der Waals surface area contributed by atoms with Gasteiger partial charge in [0, 0.05) is 0 Å². The molecule has 0 fully saturated rings. The van der Waals surface area contributed by atoms with E-state index in [4.69, 9.17) is 0 Å². The summed E-state index contributed by atoms with van der Waals surface area (Å²) in [5, 5.41) is 0. The molecule has 0 radical (unpaired) electrons. The fourth-order valence-electron chi connectivity index (χ4n) is 3.17. The maximum atomic E-state index is 2.41. The van der Waals surface area contributed by atoms with Crippen LogP contribution in [0.4, 0.5) is 0 Å². The summed E-state index contributed by atoms with van der Waals surface area (Å²) in [7, 11) is 0. The Morgan fingerprint density at radius 3 is 2.50 bits per heavy atom. The summed E-state index contributed by atoms with van der Waals surface area (Å²) >= 11 is 0. The van der Waals surface area contributed by atoms with E-state index in [0.717, 1.165) is 0 Å². The van der Waals surface area contributed by atoms with Crippen LogP contribution in [-0.2, 0) is 18.3 Å². The maximum Gasteiger partial charge on any atom is -0.00947 e. The Bertz CT molecular complexity index is 397. The molecule has 0 heterocycles. The second kappa shape index (κ2) is 3.91. The summed E-state index contributed by atoms with van der Waals surface area (Å²) in [4.78, 5) is 0. The Morgan fingerprint density at radius 2 is 1.94 bits per heavy atom. The van der Waals surface area contributed by atoms with Gasteiger partial charge in [-0.15, -0.1) is 0 Å². The predicted molar refractivity (Wildman–Crippen MR) is 71.3 cm³/mol. The molecule has 0 unspecified atom stereocenters. The Kier molecular flexibility index (Phi) is 2.86. The van der Waals surface area contributed by atoms with Crippen molar-refractivity contribution in [3.05, 3.63) is 34.4 Å². The highest BCUT2D eigenvalue weighted by atomic mass is 14.4. The molecule has 0 atom stereocenters. The van der Waals surface area contributed by atoms with E-state index in [9.17, 15) is 0 Å². The van der Waals surface area contributed by atoms with E-state index in [1.165, 1.54) is 19.3 Å². The van der Waals surface area contributed by atoms with Crippen LogP contribution >= 0.6 is 0 Å². The minimum atomic E-state index is 0.389. The molecule has 0 saturated heterocycles. The zero-order valence-corrected chi connectivity index (χ0v) is 11.4. The number of benzene rings is 1. The van der Waals surface area contributed by atoms with Crippen molar-refractivity contribution in [2.75, 3.05) is 0 Å². The zero-order valence-electron chi connectivity index (χ0n) is 11.4. The van der Waals surface area contributed by atoms with Crippen molar-refractivity contribution in [2.24, 2.45) is 0 Å². The molecule has 0 bridgehead atoms. The van der Waals surface area contributed by atoms with Gasteiger partial charge in [0.25, 0.3) is 0 Å². The molecular formula is C16H24. The Balaban J connectivity index is 2.65. The van der Waals surface area contributed by atoms with Gasteiger partial charge in [0.15, 0.2) is 0 Å². The molecule has 2 rings (SSSR count). The highest BCUT2D eigenvalue weighted by molar-refractivity contribution is 5.49. The van der Waals surface area contributed by atoms with Gasteiger partial charge in [-0.2, -0.15) is 0 Å². The van der Waals surface area contributed by atoms with Gasteiger partial charge in [0.2, 0.25) is 0 Å². The molecule has 1 aromatic rings. The summed E-state index contributed by atoms with van der Waals surface area (Å²) in [6, 6.07) is 4.73. The fraction of sp³-hybridized carbons (Fsp3) is 0.625. The molecule has 16 heavy (non-hydrogen) atoms. The largest absolute Gasteiger partial charge is 0.0613 e. The predicted octanol–water partition coefficient (Wildman–Crippen LogP) is 4.60. The Morgan fingerprint density at radius 1 is 1.25 bits per heavy atom. The van der Waals surface area contributed by atoms with E-state index in [0.29, 0.717) is 11.3 Å². The average molecular weight is 216 g/mol. The first-order valence-electron chi connectivity index (χ1n) is 6.62. The Labute approximate surface area is 100 Å². The molecule has 0 spiro atoms. The molecule has 0 heteroatoms. The van der Waals surface area contributed by atoms with E-state index < -0.39 is 0 Å². The van der Waals surface area contributed by atoms with Gasteiger partial charge in [-0.25, -0.2) is 0 Å². The highest BCUT2D eigenvalue weighted by Crippen LogP contribution is 2.44. The zero-order chi connectivity index (χ0) is 11.9. The van der Waals surface area contributed by atoms with E-state index in [1.807, 2.05) is 0 Å². The number of aryl methyl sites for hydroxylation is 1. The van der Waals surface area contributed by atoms with Crippen LogP contribution < -0.4 is 0 Å². The van der Waals surface area contributed by atoms with Crippen molar-refractivity contribution < 1.29 is 0 Å². The smallest absolute Gasteiger partial charge is 0.00947 e. The lowest BCUT2D eigenvalue weighted by Crippen LogP contribution is -2.15.